The molecular formula is C17H26N4O4. The summed E-state index contributed by atoms with van der Waals surface area (Å²) < 4.78 is 10.6. The Bertz CT molecular complexity index is 622. The monoisotopic (exact) mass is 350 g/mol. The Labute approximate surface area is 147 Å². The molecule has 1 aliphatic heterocycles. The van der Waals surface area contributed by atoms with Crippen LogP contribution in [0.1, 0.15) is 42.1 Å². The number of hydrogen-bond acceptors (Lipinski definition) is 6. The molecule has 0 aromatic carbocycles. The summed E-state index contributed by atoms with van der Waals surface area (Å²) in [5, 5.41) is 9.86. The van der Waals surface area contributed by atoms with Gasteiger partial charge in [0, 0.05) is 37.2 Å². The highest BCUT2D eigenvalue weighted by Crippen LogP contribution is 2.24. The molecule has 1 unspecified atom stereocenters. The molecule has 0 bridgehead atoms. The topological polar surface area (TPSA) is 96.7 Å². The van der Waals surface area contributed by atoms with Crippen LogP contribution in [0.4, 0.5) is 0 Å². The summed E-state index contributed by atoms with van der Waals surface area (Å²) in [4.78, 5) is 26.6. The molecule has 2 N–H and O–H groups in total. The van der Waals surface area contributed by atoms with Gasteiger partial charge in [-0.1, -0.05) is 5.16 Å². The third-order valence-corrected chi connectivity index (χ3v) is 4.51. The second-order valence-electron chi connectivity index (χ2n) is 6.96. The van der Waals surface area contributed by atoms with Crippen molar-refractivity contribution in [3.8, 4) is 0 Å². The number of nitrogens with one attached hydrogen (secondary N) is 2. The Hall–Kier alpha value is -1.93. The molecule has 2 heterocycles. The van der Waals surface area contributed by atoms with Crippen LogP contribution < -0.4 is 10.6 Å². The second kappa shape index (κ2) is 7.97. The lowest BCUT2D eigenvalue weighted by atomic mass is 9.91. The van der Waals surface area contributed by atoms with E-state index in [0.29, 0.717) is 38.3 Å². The van der Waals surface area contributed by atoms with Crippen molar-refractivity contribution in [2.45, 2.75) is 45.2 Å². The molecular weight excluding hydrogens is 324 g/mol. The van der Waals surface area contributed by atoms with Crippen LogP contribution in [0.15, 0.2) is 4.52 Å². The molecule has 0 radical (unpaired) electrons. The number of ether oxygens (including phenoxy) is 1. The van der Waals surface area contributed by atoms with Crippen molar-refractivity contribution in [2.75, 3.05) is 32.8 Å². The van der Waals surface area contributed by atoms with E-state index in [1.165, 1.54) is 0 Å². The summed E-state index contributed by atoms with van der Waals surface area (Å²) in [7, 11) is 0. The van der Waals surface area contributed by atoms with Gasteiger partial charge >= 0.3 is 0 Å². The summed E-state index contributed by atoms with van der Waals surface area (Å²) >= 11 is 0. The Morgan fingerprint density at radius 3 is 2.80 bits per heavy atom. The van der Waals surface area contributed by atoms with Crippen LogP contribution >= 0.6 is 0 Å². The second-order valence-corrected chi connectivity index (χ2v) is 6.96. The molecule has 138 valence electrons. The van der Waals surface area contributed by atoms with Crippen molar-refractivity contribution in [3.05, 3.63) is 17.0 Å². The average Bonchev–Trinajstić information content (AvgIpc) is 2.98. The van der Waals surface area contributed by atoms with E-state index in [1.807, 2.05) is 13.8 Å². The van der Waals surface area contributed by atoms with Gasteiger partial charge in [0.25, 0.3) is 5.91 Å². The van der Waals surface area contributed by atoms with E-state index in [0.717, 1.165) is 30.8 Å². The normalized spacial score (nSPS) is 21.0. The number of nitrogens with zero attached hydrogens (tertiary/aromatic N) is 2. The van der Waals surface area contributed by atoms with Crippen molar-refractivity contribution in [1.82, 2.24) is 20.7 Å². The van der Waals surface area contributed by atoms with Crippen molar-refractivity contribution < 1.29 is 18.8 Å². The molecule has 2 amide bonds. The van der Waals surface area contributed by atoms with Crippen LogP contribution in [-0.2, 0) is 22.4 Å². The molecule has 8 heteroatoms. The fourth-order valence-corrected chi connectivity index (χ4v) is 3.27. The van der Waals surface area contributed by atoms with Gasteiger partial charge in [0.15, 0.2) is 5.69 Å². The Morgan fingerprint density at radius 2 is 2.08 bits per heavy atom. The molecule has 1 aromatic heterocycles. The van der Waals surface area contributed by atoms with E-state index in [2.05, 4.69) is 20.7 Å². The molecule has 0 saturated carbocycles. The predicted octanol–water partition coefficient (Wildman–Crippen LogP) is 0.119. The van der Waals surface area contributed by atoms with Crippen molar-refractivity contribution in [1.29, 1.82) is 0 Å². The molecule has 8 nitrogen and oxygen atoms in total. The van der Waals surface area contributed by atoms with E-state index in [9.17, 15) is 9.59 Å². The lowest BCUT2D eigenvalue weighted by Crippen LogP contribution is -2.47. The van der Waals surface area contributed by atoms with Crippen molar-refractivity contribution >= 4 is 11.8 Å². The maximum absolute atomic E-state index is 12.3. The number of fused-ring (bicyclic) bond motifs is 1. The largest absolute Gasteiger partial charge is 0.379 e. The lowest BCUT2D eigenvalue weighted by molar-refractivity contribution is -0.124. The van der Waals surface area contributed by atoms with Crippen LogP contribution in [-0.4, -0.2) is 66.8 Å². The minimum atomic E-state index is -0.222. The van der Waals surface area contributed by atoms with E-state index in [-0.39, 0.29) is 23.9 Å². The quantitative estimate of drug-likeness (QED) is 0.783. The number of amides is 2. The number of aromatic nitrogens is 1. The molecule has 1 aliphatic carbocycles. The summed E-state index contributed by atoms with van der Waals surface area (Å²) in [5.74, 6) is 0.549. The van der Waals surface area contributed by atoms with E-state index < -0.39 is 0 Å². The zero-order valence-electron chi connectivity index (χ0n) is 14.8. The first-order valence-corrected chi connectivity index (χ1v) is 8.90. The van der Waals surface area contributed by atoms with Gasteiger partial charge in [0.1, 0.15) is 5.76 Å². The molecule has 25 heavy (non-hydrogen) atoms. The minimum absolute atomic E-state index is 0.00559. The highest BCUT2D eigenvalue weighted by Gasteiger charge is 2.29. The van der Waals surface area contributed by atoms with Gasteiger partial charge < -0.3 is 19.9 Å². The molecule has 2 aliphatic rings. The smallest absolute Gasteiger partial charge is 0.273 e. The van der Waals surface area contributed by atoms with Gasteiger partial charge in [0.2, 0.25) is 5.91 Å². The first-order valence-electron chi connectivity index (χ1n) is 8.90. The number of carbonyl (C=O) groups excluding carboxylic acids is 2. The Balaban J connectivity index is 1.57. The van der Waals surface area contributed by atoms with E-state index in [1.54, 1.807) is 0 Å². The summed E-state index contributed by atoms with van der Waals surface area (Å²) in [6.07, 6.45) is 2.05. The van der Waals surface area contributed by atoms with Gasteiger partial charge in [-0.2, -0.15) is 0 Å². The first-order chi connectivity index (χ1) is 12.0. The SMILES string of the molecule is CC(C)NC(=O)c1noc2c1CC(NC(=O)CN1CCOCC1)CC2. The van der Waals surface area contributed by atoms with Gasteiger partial charge in [-0.15, -0.1) is 0 Å². The average molecular weight is 350 g/mol. The van der Waals surface area contributed by atoms with Crippen LogP contribution in [0.5, 0.6) is 0 Å². The maximum Gasteiger partial charge on any atom is 0.273 e. The van der Waals surface area contributed by atoms with E-state index >= 15 is 0 Å². The summed E-state index contributed by atoms with van der Waals surface area (Å²) in [6, 6.07) is 0.0403. The zero-order chi connectivity index (χ0) is 17.8. The fraction of sp³-hybridized carbons (Fsp3) is 0.706. The van der Waals surface area contributed by atoms with Crippen molar-refractivity contribution in [2.24, 2.45) is 0 Å². The third kappa shape index (κ3) is 4.58. The van der Waals surface area contributed by atoms with Crippen LogP contribution in [0.2, 0.25) is 0 Å². The molecule has 1 atom stereocenters. The minimum Gasteiger partial charge on any atom is -0.379 e. The molecule has 1 fully saturated rings. The number of carbonyl (C=O) groups is 2. The van der Waals surface area contributed by atoms with Crippen LogP contribution in [0, 0.1) is 0 Å². The highest BCUT2D eigenvalue weighted by molar-refractivity contribution is 5.94. The number of aryl methyl sites for hydroxylation is 1. The lowest BCUT2D eigenvalue weighted by Gasteiger charge is -2.28. The third-order valence-electron chi connectivity index (χ3n) is 4.51. The summed E-state index contributed by atoms with van der Waals surface area (Å²) in [5.41, 5.74) is 1.16. The van der Waals surface area contributed by atoms with Crippen molar-refractivity contribution in [3.63, 3.8) is 0 Å². The van der Waals surface area contributed by atoms with Gasteiger partial charge in [0.05, 0.1) is 19.8 Å². The Kier molecular flexibility index (Phi) is 5.70. The summed E-state index contributed by atoms with van der Waals surface area (Å²) in [6.45, 7) is 7.11. The van der Waals surface area contributed by atoms with Gasteiger partial charge in [-0.3, -0.25) is 14.5 Å². The maximum atomic E-state index is 12.3. The van der Waals surface area contributed by atoms with Crippen LogP contribution in [0.3, 0.4) is 0 Å². The fourth-order valence-electron chi connectivity index (χ4n) is 3.27. The standard InChI is InChI=1S/C17H26N4O4/c1-11(2)18-17(23)16-13-9-12(3-4-14(13)25-20-16)19-15(22)10-21-5-7-24-8-6-21/h11-12H,3-10H2,1-2H3,(H,18,23)(H,19,22). The molecule has 0 spiro atoms. The molecule has 1 saturated heterocycles. The zero-order valence-corrected chi connectivity index (χ0v) is 14.8. The molecule has 3 rings (SSSR count). The van der Waals surface area contributed by atoms with Crippen LogP contribution in [0.25, 0.3) is 0 Å². The van der Waals surface area contributed by atoms with E-state index in [4.69, 9.17) is 9.26 Å². The number of hydrogen-bond donors (Lipinski definition) is 2. The number of rotatable bonds is 5. The first kappa shape index (κ1) is 17.9. The highest BCUT2D eigenvalue weighted by atomic mass is 16.5. The van der Waals surface area contributed by atoms with Gasteiger partial charge in [-0.05, 0) is 26.7 Å². The van der Waals surface area contributed by atoms with Gasteiger partial charge in [-0.25, -0.2) is 0 Å². The molecule has 1 aromatic rings. The Morgan fingerprint density at radius 1 is 1.32 bits per heavy atom. The predicted molar refractivity (Wildman–Crippen MR) is 90.3 cm³/mol. The number of morpholine rings is 1.